The summed E-state index contributed by atoms with van der Waals surface area (Å²) in [7, 11) is -3.56. The van der Waals surface area contributed by atoms with Crippen LogP contribution in [-0.4, -0.2) is 32.7 Å². The number of sulfonamides is 1. The fourth-order valence-corrected chi connectivity index (χ4v) is 4.47. The van der Waals surface area contributed by atoms with E-state index in [0.717, 1.165) is 5.56 Å². The quantitative estimate of drug-likeness (QED) is 0.857. The minimum absolute atomic E-state index is 0.391. The van der Waals surface area contributed by atoms with E-state index in [1.165, 1.54) is 0 Å². The van der Waals surface area contributed by atoms with Crippen LogP contribution >= 0.6 is 11.6 Å². The Bertz CT molecular complexity index is 675. The Morgan fingerprint density at radius 2 is 2.05 bits per heavy atom. The standard InChI is InChI=1S/C15H18ClNO4S/c1-11-3-2-4-13(16)14(11)17-22(18,19)12-5-7-15(8-6-12)20-9-10-21-15/h2-5,7,12,17H,6,8-10H2,1H3. The Labute approximate surface area is 135 Å². The molecule has 1 aliphatic carbocycles. The molecule has 1 unspecified atom stereocenters. The average Bonchev–Trinajstić information content (AvgIpc) is 2.92. The number of halogens is 1. The van der Waals surface area contributed by atoms with Crippen LogP contribution in [0.2, 0.25) is 5.02 Å². The van der Waals surface area contributed by atoms with Gasteiger partial charge in [-0.1, -0.05) is 29.8 Å². The molecule has 2 aliphatic rings. The molecule has 0 amide bonds. The molecule has 0 bridgehead atoms. The summed E-state index contributed by atoms with van der Waals surface area (Å²) >= 11 is 6.09. The zero-order valence-electron chi connectivity index (χ0n) is 12.2. The minimum Gasteiger partial charge on any atom is -0.344 e. The van der Waals surface area contributed by atoms with E-state index >= 15 is 0 Å². The normalized spacial score (nSPS) is 23.8. The number of hydrogen-bond acceptors (Lipinski definition) is 4. The molecular weight excluding hydrogens is 326 g/mol. The number of nitrogens with one attached hydrogen (secondary N) is 1. The third kappa shape index (κ3) is 3.01. The van der Waals surface area contributed by atoms with Gasteiger partial charge < -0.3 is 9.47 Å². The number of hydrogen-bond donors (Lipinski definition) is 1. The Hall–Kier alpha value is -1.08. The van der Waals surface area contributed by atoms with Gasteiger partial charge in [-0.15, -0.1) is 0 Å². The molecule has 1 N–H and O–H groups in total. The second kappa shape index (κ2) is 5.85. The second-order valence-electron chi connectivity index (χ2n) is 5.52. The number of ether oxygens (including phenoxy) is 2. The van der Waals surface area contributed by atoms with E-state index in [0.29, 0.717) is 36.8 Å². The lowest BCUT2D eigenvalue weighted by atomic mass is 10.0. The van der Waals surface area contributed by atoms with Gasteiger partial charge in [0.15, 0.2) is 5.79 Å². The third-order valence-electron chi connectivity index (χ3n) is 3.98. The van der Waals surface area contributed by atoms with E-state index in [1.807, 2.05) is 13.0 Å². The lowest BCUT2D eigenvalue weighted by Crippen LogP contribution is -2.37. The summed E-state index contributed by atoms with van der Waals surface area (Å²) in [6.45, 7) is 2.90. The van der Waals surface area contributed by atoms with Crippen LogP contribution in [-0.2, 0) is 19.5 Å². The van der Waals surface area contributed by atoms with Gasteiger partial charge in [0.2, 0.25) is 10.0 Å². The molecule has 3 rings (SSSR count). The van der Waals surface area contributed by atoms with Crippen LogP contribution in [0.1, 0.15) is 18.4 Å². The van der Waals surface area contributed by atoms with Crippen molar-refractivity contribution in [1.82, 2.24) is 0 Å². The number of rotatable bonds is 3. The maximum atomic E-state index is 12.6. The largest absolute Gasteiger partial charge is 0.344 e. The molecule has 1 aromatic carbocycles. The smallest absolute Gasteiger partial charge is 0.239 e. The van der Waals surface area contributed by atoms with Crippen molar-refractivity contribution in [1.29, 1.82) is 0 Å². The third-order valence-corrected chi connectivity index (χ3v) is 5.98. The Balaban J connectivity index is 1.80. The Morgan fingerprint density at radius 1 is 1.32 bits per heavy atom. The second-order valence-corrected chi connectivity index (χ2v) is 7.83. The predicted molar refractivity (Wildman–Crippen MR) is 85.5 cm³/mol. The van der Waals surface area contributed by atoms with Crippen molar-refractivity contribution in [3.8, 4) is 0 Å². The zero-order chi connectivity index (χ0) is 15.8. The van der Waals surface area contributed by atoms with Gasteiger partial charge in [0.1, 0.15) is 0 Å². The van der Waals surface area contributed by atoms with Crippen molar-refractivity contribution < 1.29 is 17.9 Å². The number of anilines is 1. The zero-order valence-corrected chi connectivity index (χ0v) is 13.8. The lowest BCUT2D eigenvalue weighted by Gasteiger charge is -2.30. The SMILES string of the molecule is Cc1cccc(Cl)c1NS(=O)(=O)C1C=CC2(CC1)OCCO2. The Kier molecular flexibility index (Phi) is 4.20. The van der Waals surface area contributed by atoms with Crippen LogP contribution in [0, 0.1) is 6.92 Å². The van der Waals surface area contributed by atoms with Crippen molar-refractivity contribution in [2.24, 2.45) is 0 Å². The highest BCUT2D eigenvalue weighted by Gasteiger charge is 2.39. The predicted octanol–water partition coefficient (Wildman–Crippen LogP) is 2.85. The minimum atomic E-state index is -3.56. The molecule has 1 aliphatic heterocycles. The van der Waals surface area contributed by atoms with E-state index in [1.54, 1.807) is 24.3 Å². The summed E-state index contributed by atoms with van der Waals surface area (Å²) in [6, 6.07) is 5.27. The number of benzene rings is 1. The van der Waals surface area contributed by atoms with Gasteiger partial charge in [0, 0.05) is 6.42 Å². The molecular formula is C15H18ClNO4S. The summed E-state index contributed by atoms with van der Waals surface area (Å²) in [5, 5.41) is -0.233. The van der Waals surface area contributed by atoms with Crippen molar-refractivity contribution in [2.45, 2.75) is 30.8 Å². The molecule has 0 aromatic heterocycles. The highest BCUT2D eigenvalue weighted by atomic mass is 35.5. The molecule has 7 heteroatoms. The van der Waals surface area contributed by atoms with Gasteiger partial charge in [-0.25, -0.2) is 8.42 Å². The van der Waals surface area contributed by atoms with Crippen molar-refractivity contribution >= 4 is 27.3 Å². The number of para-hydroxylation sites is 1. The van der Waals surface area contributed by atoms with E-state index in [4.69, 9.17) is 21.1 Å². The fourth-order valence-electron chi connectivity index (χ4n) is 2.73. The van der Waals surface area contributed by atoms with Crippen LogP contribution < -0.4 is 4.72 Å². The van der Waals surface area contributed by atoms with Crippen LogP contribution in [0.15, 0.2) is 30.4 Å². The molecule has 1 aromatic rings. The summed E-state index contributed by atoms with van der Waals surface area (Å²) in [4.78, 5) is 0. The molecule has 0 saturated carbocycles. The van der Waals surface area contributed by atoms with Gasteiger partial charge >= 0.3 is 0 Å². The van der Waals surface area contributed by atoms with Gasteiger partial charge in [0.05, 0.1) is 29.2 Å². The first-order valence-electron chi connectivity index (χ1n) is 7.16. The molecule has 22 heavy (non-hydrogen) atoms. The first-order valence-corrected chi connectivity index (χ1v) is 9.08. The molecule has 120 valence electrons. The first-order chi connectivity index (χ1) is 10.4. The van der Waals surface area contributed by atoms with E-state index in [-0.39, 0.29) is 0 Å². The summed E-state index contributed by atoms with van der Waals surface area (Å²) in [6.07, 6.45) is 4.32. The molecule has 0 radical (unpaired) electrons. The molecule has 1 atom stereocenters. The average molecular weight is 344 g/mol. The highest BCUT2D eigenvalue weighted by molar-refractivity contribution is 7.93. The topological polar surface area (TPSA) is 64.6 Å². The van der Waals surface area contributed by atoms with Crippen LogP contribution in [0.4, 0.5) is 5.69 Å². The molecule has 5 nitrogen and oxygen atoms in total. The van der Waals surface area contributed by atoms with E-state index in [9.17, 15) is 8.42 Å². The summed E-state index contributed by atoms with van der Waals surface area (Å²) in [5.74, 6) is -0.730. The van der Waals surface area contributed by atoms with Gasteiger partial charge in [0.25, 0.3) is 0 Å². The molecule has 1 saturated heterocycles. The van der Waals surface area contributed by atoms with Gasteiger partial charge in [-0.05, 0) is 31.1 Å². The van der Waals surface area contributed by atoms with Crippen molar-refractivity contribution in [2.75, 3.05) is 17.9 Å². The lowest BCUT2D eigenvalue weighted by molar-refractivity contribution is -0.124. The maximum Gasteiger partial charge on any atom is 0.239 e. The molecule has 1 heterocycles. The maximum absolute atomic E-state index is 12.6. The van der Waals surface area contributed by atoms with Gasteiger partial charge in [-0.2, -0.15) is 0 Å². The Morgan fingerprint density at radius 3 is 2.64 bits per heavy atom. The summed E-state index contributed by atoms with van der Waals surface area (Å²) in [5.41, 5.74) is 1.22. The fraction of sp³-hybridized carbons (Fsp3) is 0.467. The molecule has 1 spiro atoms. The van der Waals surface area contributed by atoms with Crippen molar-refractivity contribution in [3.63, 3.8) is 0 Å². The first kappa shape index (κ1) is 15.8. The number of aryl methyl sites for hydroxylation is 1. The highest BCUT2D eigenvalue weighted by Crippen LogP contribution is 2.34. The van der Waals surface area contributed by atoms with Crippen molar-refractivity contribution in [3.05, 3.63) is 40.9 Å². The van der Waals surface area contributed by atoms with Crippen LogP contribution in [0.25, 0.3) is 0 Å². The van der Waals surface area contributed by atoms with Crippen LogP contribution in [0.5, 0.6) is 0 Å². The van der Waals surface area contributed by atoms with E-state index < -0.39 is 21.1 Å². The summed E-state index contributed by atoms with van der Waals surface area (Å²) < 4.78 is 38.8. The van der Waals surface area contributed by atoms with Gasteiger partial charge in [-0.3, -0.25) is 4.72 Å². The van der Waals surface area contributed by atoms with Crippen LogP contribution in [0.3, 0.4) is 0 Å². The van der Waals surface area contributed by atoms with E-state index in [2.05, 4.69) is 4.72 Å². The monoisotopic (exact) mass is 343 g/mol. The molecule has 1 fully saturated rings.